The van der Waals surface area contributed by atoms with Gasteiger partial charge < -0.3 is 14.8 Å². The van der Waals surface area contributed by atoms with E-state index in [-0.39, 0.29) is 4.47 Å². The third-order valence-electron chi connectivity index (χ3n) is 3.47. The van der Waals surface area contributed by atoms with Crippen LogP contribution in [-0.2, 0) is 19.3 Å². The van der Waals surface area contributed by atoms with Gasteiger partial charge in [0.1, 0.15) is 11.5 Å². The number of methoxy groups -OCH3 is 2. The number of ether oxygens (including phenoxy) is 2. The second-order valence-corrected chi connectivity index (χ2v) is 5.95. The zero-order chi connectivity index (χ0) is 17.7. The predicted molar refractivity (Wildman–Crippen MR) is 89.2 cm³/mol. The minimum absolute atomic E-state index is 0.0376. The van der Waals surface area contributed by atoms with E-state index >= 15 is 0 Å². The summed E-state index contributed by atoms with van der Waals surface area (Å²) >= 11 is 2.93. The van der Waals surface area contributed by atoms with Crippen molar-refractivity contribution in [3.05, 3.63) is 57.6 Å². The summed E-state index contributed by atoms with van der Waals surface area (Å²) in [6.45, 7) is 0.774. The highest BCUT2D eigenvalue weighted by molar-refractivity contribution is 9.10. The van der Waals surface area contributed by atoms with Gasteiger partial charge in [-0.3, -0.25) is 0 Å². The Balaban J connectivity index is 2.05. The van der Waals surface area contributed by atoms with E-state index in [2.05, 4.69) is 21.2 Å². The largest absolute Gasteiger partial charge is 0.497 e. The molecular weight excluding hydrogens is 387 g/mol. The van der Waals surface area contributed by atoms with Crippen LogP contribution in [0.25, 0.3) is 0 Å². The molecule has 0 amide bonds. The molecule has 24 heavy (non-hydrogen) atoms. The summed E-state index contributed by atoms with van der Waals surface area (Å²) < 4.78 is 49.2. The number of hydrogen-bond donors (Lipinski definition) is 1. The zero-order valence-electron chi connectivity index (χ0n) is 13.2. The number of nitrogens with one attached hydrogen (secondary N) is 1. The normalized spacial score (nSPS) is 11.4. The molecule has 2 aromatic carbocycles. The van der Waals surface area contributed by atoms with Crippen LogP contribution in [0.15, 0.2) is 40.9 Å². The summed E-state index contributed by atoms with van der Waals surface area (Å²) in [5, 5.41) is 3.12. The van der Waals surface area contributed by atoms with Crippen molar-refractivity contribution < 1.29 is 22.6 Å². The van der Waals surface area contributed by atoms with Crippen molar-refractivity contribution in [1.82, 2.24) is 5.32 Å². The van der Waals surface area contributed by atoms with E-state index in [4.69, 9.17) is 9.47 Å². The third-order valence-corrected chi connectivity index (χ3v) is 4.17. The number of alkyl halides is 3. The fraction of sp³-hybridized carbons (Fsp3) is 0.294. The van der Waals surface area contributed by atoms with Gasteiger partial charge in [-0.2, -0.15) is 13.2 Å². The average molecular weight is 404 g/mol. The van der Waals surface area contributed by atoms with Crippen LogP contribution < -0.4 is 14.8 Å². The van der Waals surface area contributed by atoms with Crippen LogP contribution in [0, 0.1) is 0 Å². The first kappa shape index (κ1) is 18.6. The molecule has 0 aliphatic heterocycles. The lowest BCUT2D eigenvalue weighted by molar-refractivity contribution is -0.138. The van der Waals surface area contributed by atoms with Gasteiger partial charge in [0.05, 0.1) is 19.8 Å². The van der Waals surface area contributed by atoms with Crippen molar-refractivity contribution in [2.24, 2.45) is 0 Å². The van der Waals surface area contributed by atoms with Crippen LogP contribution >= 0.6 is 15.9 Å². The maximum Gasteiger partial charge on any atom is 0.417 e. The molecule has 2 aromatic rings. The first-order chi connectivity index (χ1) is 11.3. The molecular formula is C17H17BrF3NO2. The molecule has 0 atom stereocenters. The van der Waals surface area contributed by atoms with Crippen LogP contribution in [0.2, 0.25) is 0 Å². The molecule has 0 aliphatic carbocycles. The van der Waals surface area contributed by atoms with Crippen LogP contribution in [0.4, 0.5) is 13.2 Å². The molecule has 0 aliphatic rings. The molecule has 0 aromatic heterocycles. The van der Waals surface area contributed by atoms with Gasteiger partial charge in [0.2, 0.25) is 0 Å². The van der Waals surface area contributed by atoms with E-state index in [0.717, 1.165) is 11.6 Å². The molecule has 0 bridgehead atoms. The summed E-state index contributed by atoms with van der Waals surface area (Å²) in [5.41, 5.74) is 0.772. The molecule has 0 unspecified atom stereocenters. The van der Waals surface area contributed by atoms with Gasteiger partial charge in [0.25, 0.3) is 0 Å². The molecule has 0 fully saturated rings. The van der Waals surface area contributed by atoms with E-state index < -0.39 is 11.7 Å². The van der Waals surface area contributed by atoms with E-state index in [9.17, 15) is 13.2 Å². The van der Waals surface area contributed by atoms with Crippen molar-refractivity contribution >= 4 is 15.9 Å². The first-order valence-electron chi connectivity index (χ1n) is 7.12. The first-order valence-corrected chi connectivity index (χ1v) is 7.91. The lowest BCUT2D eigenvalue weighted by Crippen LogP contribution is -2.14. The molecule has 3 nitrogen and oxygen atoms in total. The Labute approximate surface area is 146 Å². The van der Waals surface area contributed by atoms with Crippen molar-refractivity contribution in [3.8, 4) is 11.5 Å². The summed E-state index contributed by atoms with van der Waals surface area (Å²) in [6, 6.07) is 9.63. The van der Waals surface area contributed by atoms with Gasteiger partial charge in [0, 0.05) is 29.2 Å². The van der Waals surface area contributed by atoms with Gasteiger partial charge in [0.15, 0.2) is 0 Å². The van der Waals surface area contributed by atoms with Crippen molar-refractivity contribution in [2.45, 2.75) is 19.3 Å². The number of halogens is 4. The second kappa shape index (κ2) is 7.90. The van der Waals surface area contributed by atoms with Crippen molar-refractivity contribution in [3.63, 3.8) is 0 Å². The Morgan fingerprint density at radius 1 is 1.00 bits per heavy atom. The zero-order valence-corrected chi connectivity index (χ0v) is 14.8. The molecule has 0 radical (unpaired) electrons. The lowest BCUT2D eigenvalue weighted by atomic mass is 10.1. The smallest absolute Gasteiger partial charge is 0.417 e. The second-order valence-electron chi connectivity index (χ2n) is 5.09. The minimum atomic E-state index is -4.38. The maximum absolute atomic E-state index is 12.9. The molecule has 0 saturated carbocycles. The Morgan fingerprint density at radius 2 is 1.75 bits per heavy atom. The Kier molecular flexibility index (Phi) is 6.12. The van der Waals surface area contributed by atoms with Crippen LogP contribution in [0.1, 0.15) is 16.7 Å². The highest BCUT2D eigenvalue weighted by Gasteiger charge is 2.32. The maximum atomic E-state index is 12.9. The standard InChI is InChI=1S/C17H17BrF3NO2/c1-23-13-5-4-12(16(8-13)24-2)10-22-9-11-3-6-15(18)14(7-11)17(19,20)21/h3-8,22H,9-10H2,1-2H3. The number of hydrogen-bond acceptors (Lipinski definition) is 3. The van der Waals surface area contributed by atoms with Gasteiger partial charge in [-0.25, -0.2) is 0 Å². The summed E-state index contributed by atoms with van der Waals surface area (Å²) in [6.07, 6.45) is -4.38. The molecule has 0 saturated heterocycles. The summed E-state index contributed by atoms with van der Waals surface area (Å²) in [5.74, 6) is 1.34. The molecule has 2 rings (SSSR count). The monoisotopic (exact) mass is 403 g/mol. The number of rotatable bonds is 6. The minimum Gasteiger partial charge on any atom is -0.497 e. The Bertz CT molecular complexity index is 705. The van der Waals surface area contributed by atoms with Gasteiger partial charge in [-0.15, -0.1) is 0 Å². The van der Waals surface area contributed by atoms with E-state index in [0.29, 0.717) is 30.2 Å². The van der Waals surface area contributed by atoms with Gasteiger partial charge >= 0.3 is 6.18 Å². The fourth-order valence-corrected chi connectivity index (χ4v) is 2.71. The average Bonchev–Trinajstić information content (AvgIpc) is 2.55. The summed E-state index contributed by atoms with van der Waals surface area (Å²) in [4.78, 5) is 0. The molecule has 0 spiro atoms. The quantitative estimate of drug-likeness (QED) is 0.752. The highest BCUT2D eigenvalue weighted by atomic mass is 79.9. The molecule has 0 heterocycles. The lowest BCUT2D eigenvalue weighted by Gasteiger charge is -2.13. The Hall–Kier alpha value is -1.73. The van der Waals surface area contributed by atoms with Crippen molar-refractivity contribution in [2.75, 3.05) is 14.2 Å². The SMILES string of the molecule is COc1ccc(CNCc2ccc(Br)c(C(F)(F)F)c2)c(OC)c1. The van der Waals surface area contributed by atoms with E-state index in [1.165, 1.54) is 6.07 Å². The van der Waals surface area contributed by atoms with Gasteiger partial charge in [-0.05, 0) is 23.8 Å². The Morgan fingerprint density at radius 3 is 2.38 bits per heavy atom. The topological polar surface area (TPSA) is 30.5 Å². The fourth-order valence-electron chi connectivity index (χ4n) is 2.24. The molecule has 7 heteroatoms. The summed E-state index contributed by atoms with van der Waals surface area (Å²) in [7, 11) is 3.13. The van der Waals surface area contributed by atoms with E-state index in [1.807, 2.05) is 6.07 Å². The van der Waals surface area contributed by atoms with Crippen LogP contribution in [0.3, 0.4) is 0 Å². The predicted octanol–water partition coefficient (Wildman–Crippen LogP) is 4.77. The van der Waals surface area contributed by atoms with Gasteiger partial charge in [-0.1, -0.05) is 28.1 Å². The van der Waals surface area contributed by atoms with Crippen LogP contribution in [-0.4, -0.2) is 14.2 Å². The van der Waals surface area contributed by atoms with Crippen molar-refractivity contribution in [1.29, 1.82) is 0 Å². The highest BCUT2D eigenvalue weighted by Crippen LogP contribution is 2.35. The molecule has 130 valence electrons. The van der Waals surface area contributed by atoms with E-state index in [1.54, 1.807) is 32.4 Å². The third kappa shape index (κ3) is 4.64. The van der Waals surface area contributed by atoms with Crippen LogP contribution in [0.5, 0.6) is 11.5 Å². The molecule has 1 N–H and O–H groups in total. The number of benzene rings is 2.